The summed E-state index contributed by atoms with van der Waals surface area (Å²) >= 11 is 6.87. The van der Waals surface area contributed by atoms with Gasteiger partial charge < -0.3 is 5.32 Å². The van der Waals surface area contributed by atoms with E-state index in [4.69, 9.17) is 0 Å². The highest BCUT2D eigenvalue weighted by Crippen LogP contribution is 2.34. The van der Waals surface area contributed by atoms with E-state index in [1.165, 1.54) is 0 Å². The average molecular weight is 359 g/mol. The van der Waals surface area contributed by atoms with Crippen LogP contribution in [0.5, 0.6) is 0 Å². The Hall–Kier alpha value is -0.610. The first-order valence-corrected chi connectivity index (χ1v) is 7.25. The molecule has 2 rings (SSSR count). The highest BCUT2D eigenvalue weighted by Gasteiger charge is 2.37. The van der Waals surface area contributed by atoms with Crippen LogP contribution >= 0.6 is 31.9 Å². The normalized spacial score (nSPS) is 18.5. The molecule has 1 heterocycles. The minimum Gasteiger partial charge on any atom is -0.343 e. The largest absolute Gasteiger partial charge is 0.343 e. The van der Waals surface area contributed by atoms with Gasteiger partial charge in [0.15, 0.2) is 0 Å². The van der Waals surface area contributed by atoms with Gasteiger partial charge in [-0.25, -0.2) is 0 Å². The SMILES string of the molecule is CC1(C)NC(=O)C(c2ccc(Br)cc2)=C1CBr. The summed E-state index contributed by atoms with van der Waals surface area (Å²) in [7, 11) is 0. The molecule has 0 aromatic heterocycles. The third-order valence-corrected chi connectivity index (χ3v) is 4.07. The number of hydrogen-bond donors (Lipinski definition) is 1. The third kappa shape index (κ3) is 2.33. The van der Waals surface area contributed by atoms with E-state index in [2.05, 4.69) is 37.2 Å². The highest BCUT2D eigenvalue weighted by molar-refractivity contribution is 9.10. The first-order chi connectivity index (χ1) is 7.95. The minimum atomic E-state index is -0.275. The van der Waals surface area contributed by atoms with Gasteiger partial charge in [-0.15, -0.1) is 0 Å². The summed E-state index contributed by atoms with van der Waals surface area (Å²) in [6.45, 7) is 4.04. The van der Waals surface area contributed by atoms with Gasteiger partial charge in [-0.1, -0.05) is 44.0 Å². The molecule has 4 heteroatoms. The highest BCUT2D eigenvalue weighted by atomic mass is 79.9. The van der Waals surface area contributed by atoms with Crippen molar-refractivity contribution in [1.82, 2.24) is 5.32 Å². The Bertz CT molecular complexity index is 489. The molecular formula is C13H13Br2NO. The van der Waals surface area contributed by atoms with Crippen LogP contribution in [0.25, 0.3) is 5.57 Å². The fraction of sp³-hybridized carbons (Fsp3) is 0.308. The van der Waals surface area contributed by atoms with E-state index >= 15 is 0 Å². The van der Waals surface area contributed by atoms with Crippen LogP contribution in [0.15, 0.2) is 34.3 Å². The fourth-order valence-electron chi connectivity index (χ4n) is 2.03. The Morgan fingerprint density at radius 3 is 2.35 bits per heavy atom. The lowest BCUT2D eigenvalue weighted by atomic mass is 9.93. The lowest BCUT2D eigenvalue weighted by Gasteiger charge is -2.21. The molecule has 1 N–H and O–H groups in total. The lowest BCUT2D eigenvalue weighted by Crippen LogP contribution is -2.38. The number of carbonyl (C=O) groups excluding carboxylic acids is 1. The van der Waals surface area contributed by atoms with Crippen molar-refractivity contribution in [3.8, 4) is 0 Å². The molecule has 0 radical (unpaired) electrons. The molecule has 0 atom stereocenters. The van der Waals surface area contributed by atoms with E-state index < -0.39 is 0 Å². The van der Waals surface area contributed by atoms with E-state index in [9.17, 15) is 4.79 Å². The van der Waals surface area contributed by atoms with Crippen LogP contribution in [0.4, 0.5) is 0 Å². The van der Waals surface area contributed by atoms with Crippen molar-refractivity contribution in [3.05, 3.63) is 39.9 Å². The molecule has 0 aliphatic carbocycles. The smallest absolute Gasteiger partial charge is 0.252 e. The Morgan fingerprint density at radius 1 is 1.24 bits per heavy atom. The van der Waals surface area contributed by atoms with Gasteiger partial charge in [-0.2, -0.15) is 0 Å². The number of nitrogens with one attached hydrogen (secondary N) is 1. The standard InChI is InChI=1S/C13H13Br2NO/c1-13(2)10(7-14)11(12(17)16-13)8-3-5-9(15)6-4-8/h3-6H,7H2,1-2H3,(H,16,17). The van der Waals surface area contributed by atoms with E-state index in [1.807, 2.05) is 38.1 Å². The summed E-state index contributed by atoms with van der Waals surface area (Å²) < 4.78 is 1.01. The molecule has 0 spiro atoms. The van der Waals surface area contributed by atoms with E-state index in [0.29, 0.717) is 5.33 Å². The zero-order chi connectivity index (χ0) is 12.6. The first-order valence-electron chi connectivity index (χ1n) is 5.34. The number of halogens is 2. The maximum absolute atomic E-state index is 12.0. The van der Waals surface area contributed by atoms with Crippen LogP contribution in [0.3, 0.4) is 0 Å². The quantitative estimate of drug-likeness (QED) is 0.805. The second-order valence-corrected chi connectivity index (χ2v) is 6.05. The van der Waals surface area contributed by atoms with Crippen LogP contribution < -0.4 is 5.32 Å². The van der Waals surface area contributed by atoms with Crippen molar-refractivity contribution in [2.24, 2.45) is 0 Å². The number of hydrogen-bond acceptors (Lipinski definition) is 1. The van der Waals surface area contributed by atoms with Crippen LogP contribution in [0, 0.1) is 0 Å². The number of rotatable bonds is 2. The topological polar surface area (TPSA) is 29.1 Å². The van der Waals surface area contributed by atoms with Crippen LogP contribution in [-0.2, 0) is 4.79 Å². The summed E-state index contributed by atoms with van der Waals surface area (Å²) in [5.41, 5.74) is 2.58. The molecular weight excluding hydrogens is 346 g/mol. The first kappa shape index (κ1) is 12.8. The van der Waals surface area contributed by atoms with Gasteiger partial charge in [-0.05, 0) is 37.1 Å². The van der Waals surface area contributed by atoms with Gasteiger partial charge in [-0.3, -0.25) is 4.79 Å². The minimum absolute atomic E-state index is 0.00627. The van der Waals surface area contributed by atoms with Crippen molar-refractivity contribution in [1.29, 1.82) is 0 Å². The van der Waals surface area contributed by atoms with Crippen LogP contribution in [0.1, 0.15) is 19.4 Å². The molecule has 1 amide bonds. The van der Waals surface area contributed by atoms with E-state index in [0.717, 1.165) is 21.2 Å². The van der Waals surface area contributed by atoms with E-state index in [1.54, 1.807) is 0 Å². The number of alkyl halides is 1. The maximum atomic E-state index is 12.0. The van der Waals surface area contributed by atoms with Crippen molar-refractivity contribution >= 4 is 43.3 Å². The number of benzene rings is 1. The zero-order valence-corrected chi connectivity index (χ0v) is 12.9. The zero-order valence-electron chi connectivity index (χ0n) is 9.68. The van der Waals surface area contributed by atoms with E-state index in [-0.39, 0.29) is 11.4 Å². The van der Waals surface area contributed by atoms with Crippen LogP contribution in [-0.4, -0.2) is 16.8 Å². The Balaban J connectivity index is 2.55. The molecule has 17 heavy (non-hydrogen) atoms. The van der Waals surface area contributed by atoms with Gasteiger partial charge in [0.05, 0.1) is 5.54 Å². The fourth-order valence-corrected chi connectivity index (χ4v) is 3.27. The second kappa shape index (κ2) is 4.58. The summed E-state index contributed by atoms with van der Waals surface area (Å²) in [4.78, 5) is 12.0. The second-order valence-electron chi connectivity index (χ2n) is 4.57. The molecule has 0 fully saturated rings. The third-order valence-electron chi connectivity index (χ3n) is 2.98. The Morgan fingerprint density at radius 2 is 1.82 bits per heavy atom. The molecule has 1 aromatic carbocycles. The van der Waals surface area contributed by atoms with Gasteiger partial charge in [0.1, 0.15) is 0 Å². The average Bonchev–Trinajstić information content (AvgIpc) is 2.48. The van der Waals surface area contributed by atoms with Crippen molar-refractivity contribution in [3.63, 3.8) is 0 Å². The summed E-state index contributed by atoms with van der Waals surface area (Å²) in [6.07, 6.45) is 0. The summed E-state index contributed by atoms with van der Waals surface area (Å²) in [5, 5.41) is 3.70. The van der Waals surface area contributed by atoms with Gasteiger partial charge >= 0.3 is 0 Å². The molecule has 1 aromatic rings. The molecule has 2 nitrogen and oxygen atoms in total. The Labute approximate surface area is 118 Å². The molecule has 1 aliphatic rings. The van der Waals surface area contributed by atoms with Crippen molar-refractivity contribution in [2.45, 2.75) is 19.4 Å². The molecule has 0 unspecified atom stereocenters. The van der Waals surface area contributed by atoms with Crippen molar-refractivity contribution in [2.75, 3.05) is 5.33 Å². The predicted molar refractivity (Wildman–Crippen MR) is 77.1 cm³/mol. The van der Waals surface area contributed by atoms with Crippen LogP contribution in [0.2, 0.25) is 0 Å². The molecule has 90 valence electrons. The lowest BCUT2D eigenvalue weighted by molar-refractivity contribution is -0.115. The molecule has 0 bridgehead atoms. The van der Waals surface area contributed by atoms with Gasteiger partial charge in [0.2, 0.25) is 0 Å². The summed E-state index contributed by atoms with van der Waals surface area (Å²) in [5.74, 6) is 0.00627. The predicted octanol–water partition coefficient (Wildman–Crippen LogP) is 3.51. The summed E-state index contributed by atoms with van der Waals surface area (Å²) in [6, 6.07) is 7.83. The molecule has 1 aliphatic heterocycles. The number of carbonyl (C=O) groups is 1. The Kier molecular flexibility index (Phi) is 3.46. The molecule has 0 saturated carbocycles. The maximum Gasteiger partial charge on any atom is 0.252 e. The van der Waals surface area contributed by atoms with Gasteiger partial charge in [0.25, 0.3) is 5.91 Å². The monoisotopic (exact) mass is 357 g/mol. The number of amides is 1. The molecule has 0 saturated heterocycles. The van der Waals surface area contributed by atoms with Gasteiger partial charge in [0, 0.05) is 15.4 Å². The van der Waals surface area contributed by atoms with Crippen molar-refractivity contribution < 1.29 is 4.79 Å².